The second-order valence-corrected chi connectivity index (χ2v) is 7.13. The third-order valence-corrected chi connectivity index (χ3v) is 4.94. The van der Waals surface area contributed by atoms with Crippen molar-refractivity contribution in [3.63, 3.8) is 0 Å². The minimum absolute atomic E-state index is 0.0286. The van der Waals surface area contributed by atoms with E-state index in [1.165, 1.54) is 0 Å². The van der Waals surface area contributed by atoms with Crippen LogP contribution in [-0.4, -0.2) is 21.8 Å². The van der Waals surface area contributed by atoms with Gasteiger partial charge in [0, 0.05) is 40.4 Å². The Balaban J connectivity index is 1.69. The van der Waals surface area contributed by atoms with Crippen LogP contribution in [-0.2, 0) is 6.54 Å². The first kappa shape index (κ1) is 15.4. The van der Waals surface area contributed by atoms with Crippen LogP contribution >= 0.6 is 15.9 Å². The van der Waals surface area contributed by atoms with Crippen molar-refractivity contribution in [2.75, 3.05) is 0 Å². The summed E-state index contributed by atoms with van der Waals surface area (Å²) in [5.74, 6) is 0.420. The summed E-state index contributed by atoms with van der Waals surface area (Å²) < 4.78 is 6.87. The van der Waals surface area contributed by atoms with E-state index in [-0.39, 0.29) is 5.91 Å². The van der Waals surface area contributed by atoms with E-state index in [1.807, 2.05) is 42.2 Å². The number of furan rings is 1. The summed E-state index contributed by atoms with van der Waals surface area (Å²) in [5.41, 5.74) is 2.73. The number of halogens is 1. The van der Waals surface area contributed by atoms with Crippen LogP contribution in [0, 0.1) is 6.92 Å². The molecule has 1 aliphatic carbocycles. The average molecular weight is 385 g/mol. The maximum atomic E-state index is 13.1. The van der Waals surface area contributed by atoms with Crippen molar-refractivity contribution in [1.82, 2.24) is 9.88 Å². The number of pyridine rings is 1. The molecule has 122 valence electrons. The average Bonchev–Trinajstić information content (AvgIpc) is 3.38. The highest BCUT2D eigenvalue weighted by molar-refractivity contribution is 9.10. The molecule has 0 atom stereocenters. The van der Waals surface area contributed by atoms with Crippen molar-refractivity contribution in [1.29, 1.82) is 0 Å². The normalized spacial score (nSPS) is 14.1. The Morgan fingerprint density at radius 2 is 2.04 bits per heavy atom. The number of benzene rings is 1. The first-order valence-electron chi connectivity index (χ1n) is 8.02. The molecule has 4 nitrogen and oxygen atoms in total. The maximum Gasteiger partial charge on any atom is 0.290 e. The van der Waals surface area contributed by atoms with Gasteiger partial charge in [0.1, 0.15) is 5.58 Å². The maximum absolute atomic E-state index is 13.1. The van der Waals surface area contributed by atoms with Crippen molar-refractivity contribution in [3.8, 4) is 0 Å². The molecule has 0 radical (unpaired) electrons. The Morgan fingerprint density at radius 3 is 2.75 bits per heavy atom. The van der Waals surface area contributed by atoms with Crippen molar-refractivity contribution in [2.24, 2.45) is 0 Å². The zero-order valence-electron chi connectivity index (χ0n) is 13.3. The first-order valence-corrected chi connectivity index (χ1v) is 8.81. The summed E-state index contributed by atoms with van der Waals surface area (Å²) >= 11 is 3.48. The van der Waals surface area contributed by atoms with Crippen molar-refractivity contribution < 1.29 is 9.21 Å². The van der Waals surface area contributed by atoms with Crippen molar-refractivity contribution in [3.05, 3.63) is 64.1 Å². The number of hydrogen-bond acceptors (Lipinski definition) is 3. The van der Waals surface area contributed by atoms with Gasteiger partial charge in [-0.25, -0.2) is 0 Å². The Labute approximate surface area is 148 Å². The van der Waals surface area contributed by atoms with Crippen LogP contribution in [0.4, 0.5) is 0 Å². The second kappa shape index (κ2) is 6.06. The molecule has 2 heterocycles. The van der Waals surface area contributed by atoms with Crippen molar-refractivity contribution in [2.45, 2.75) is 32.4 Å². The highest BCUT2D eigenvalue weighted by Gasteiger charge is 2.35. The van der Waals surface area contributed by atoms with Crippen LogP contribution in [0.1, 0.15) is 34.5 Å². The molecule has 0 spiro atoms. The van der Waals surface area contributed by atoms with E-state index in [4.69, 9.17) is 4.42 Å². The van der Waals surface area contributed by atoms with Gasteiger partial charge >= 0.3 is 0 Å². The molecular formula is C19H17BrN2O2. The molecule has 2 aromatic heterocycles. The molecule has 0 saturated heterocycles. The molecule has 0 unspecified atom stereocenters. The number of aromatic nitrogens is 1. The summed E-state index contributed by atoms with van der Waals surface area (Å²) in [6.07, 6.45) is 5.63. The molecular weight excluding hydrogens is 368 g/mol. The highest BCUT2D eigenvalue weighted by Crippen LogP contribution is 2.33. The Morgan fingerprint density at radius 1 is 1.29 bits per heavy atom. The Hall–Kier alpha value is -2.14. The highest BCUT2D eigenvalue weighted by atomic mass is 79.9. The number of fused-ring (bicyclic) bond motifs is 1. The number of rotatable bonds is 4. The minimum Gasteiger partial charge on any atom is -0.451 e. The molecule has 0 bridgehead atoms. The second-order valence-electron chi connectivity index (χ2n) is 6.22. The van der Waals surface area contributed by atoms with Crippen molar-refractivity contribution >= 4 is 32.8 Å². The van der Waals surface area contributed by atoms with Crippen LogP contribution in [0.25, 0.3) is 11.0 Å². The fraction of sp³-hybridized carbons (Fsp3) is 0.263. The molecule has 1 aliphatic rings. The van der Waals surface area contributed by atoms with Crippen LogP contribution < -0.4 is 0 Å². The zero-order chi connectivity index (χ0) is 16.7. The van der Waals surface area contributed by atoms with E-state index in [2.05, 4.69) is 20.9 Å². The number of hydrogen-bond donors (Lipinski definition) is 0. The fourth-order valence-electron chi connectivity index (χ4n) is 2.97. The van der Waals surface area contributed by atoms with Gasteiger partial charge in [0.05, 0.1) is 0 Å². The summed E-state index contributed by atoms with van der Waals surface area (Å²) in [6.45, 7) is 2.54. The molecule has 0 aliphatic heterocycles. The molecule has 1 saturated carbocycles. The van der Waals surface area contributed by atoms with Gasteiger partial charge in [0.2, 0.25) is 0 Å². The Kier molecular flexibility index (Phi) is 3.88. The van der Waals surface area contributed by atoms with E-state index in [9.17, 15) is 4.79 Å². The van der Waals surface area contributed by atoms with Gasteiger partial charge in [0.25, 0.3) is 5.91 Å². The standard InChI is InChI=1S/C19H17BrN2O2/c1-12-16-10-14(20)2-5-17(16)24-18(12)19(23)22(15-3-4-15)11-13-6-8-21-9-7-13/h2,5-10,15H,3-4,11H2,1H3. The van der Waals surface area contributed by atoms with Crippen LogP contribution in [0.3, 0.4) is 0 Å². The summed E-state index contributed by atoms with van der Waals surface area (Å²) in [4.78, 5) is 19.1. The van der Waals surface area contributed by atoms with E-state index < -0.39 is 0 Å². The predicted molar refractivity (Wildman–Crippen MR) is 95.8 cm³/mol. The molecule has 4 rings (SSSR count). The fourth-order valence-corrected chi connectivity index (χ4v) is 3.33. The number of nitrogens with zero attached hydrogens (tertiary/aromatic N) is 2. The lowest BCUT2D eigenvalue weighted by Gasteiger charge is -2.21. The molecule has 5 heteroatoms. The monoisotopic (exact) mass is 384 g/mol. The molecule has 0 N–H and O–H groups in total. The molecule has 1 amide bonds. The number of carbonyl (C=O) groups excluding carboxylic acids is 1. The molecule has 1 fully saturated rings. The lowest BCUT2D eigenvalue weighted by atomic mass is 10.1. The number of amides is 1. The first-order chi connectivity index (χ1) is 11.6. The van der Waals surface area contributed by atoms with Gasteiger partial charge in [-0.15, -0.1) is 0 Å². The lowest BCUT2D eigenvalue weighted by Crippen LogP contribution is -2.32. The summed E-state index contributed by atoms with van der Waals surface area (Å²) in [5, 5.41) is 0.979. The van der Waals surface area contributed by atoms with E-state index in [0.29, 0.717) is 18.3 Å². The minimum atomic E-state index is -0.0286. The summed E-state index contributed by atoms with van der Waals surface area (Å²) in [7, 11) is 0. The number of carbonyl (C=O) groups is 1. The van der Waals surface area contributed by atoms with Gasteiger partial charge in [-0.3, -0.25) is 9.78 Å². The third kappa shape index (κ3) is 2.84. The van der Waals surface area contributed by atoms with Crippen LogP contribution in [0.5, 0.6) is 0 Å². The van der Waals surface area contributed by atoms with Gasteiger partial charge in [0.15, 0.2) is 5.76 Å². The van der Waals surface area contributed by atoms with Gasteiger partial charge in [-0.2, -0.15) is 0 Å². The predicted octanol–water partition coefficient (Wildman–Crippen LogP) is 4.70. The van der Waals surface area contributed by atoms with Gasteiger partial charge in [-0.1, -0.05) is 15.9 Å². The number of aryl methyl sites for hydroxylation is 1. The smallest absolute Gasteiger partial charge is 0.290 e. The quantitative estimate of drug-likeness (QED) is 0.654. The molecule has 24 heavy (non-hydrogen) atoms. The Bertz CT molecular complexity index is 900. The van der Waals surface area contributed by atoms with Gasteiger partial charge < -0.3 is 9.32 Å². The van der Waals surface area contributed by atoms with E-state index in [1.54, 1.807) is 12.4 Å². The van der Waals surface area contributed by atoms with Gasteiger partial charge in [-0.05, 0) is 55.7 Å². The SMILES string of the molecule is Cc1c(C(=O)N(Cc2ccncc2)C2CC2)oc2ccc(Br)cc12. The zero-order valence-corrected chi connectivity index (χ0v) is 14.9. The largest absolute Gasteiger partial charge is 0.451 e. The molecule has 1 aromatic carbocycles. The van der Waals surface area contributed by atoms with Crippen LogP contribution in [0.15, 0.2) is 51.6 Å². The topological polar surface area (TPSA) is 46.3 Å². The van der Waals surface area contributed by atoms with E-state index in [0.717, 1.165) is 39.4 Å². The third-order valence-electron chi connectivity index (χ3n) is 4.44. The van der Waals surface area contributed by atoms with E-state index >= 15 is 0 Å². The summed E-state index contributed by atoms with van der Waals surface area (Å²) in [6, 6.07) is 10.0. The molecule has 3 aromatic rings. The van der Waals surface area contributed by atoms with Crippen LogP contribution in [0.2, 0.25) is 0 Å². The lowest BCUT2D eigenvalue weighted by molar-refractivity contribution is 0.0699.